The number of carbonyl (C=O) groups excluding carboxylic acids is 1. The maximum atomic E-state index is 12.3. The number of hydrogen-bond acceptors (Lipinski definition) is 7. The molecule has 0 fully saturated rings. The first-order valence-corrected chi connectivity index (χ1v) is 10.0. The van der Waals surface area contributed by atoms with E-state index in [1.54, 1.807) is 18.5 Å². The lowest BCUT2D eigenvalue weighted by Crippen LogP contribution is -2.31. The molecule has 1 aromatic carbocycles. The van der Waals surface area contributed by atoms with Crippen molar-refractivity contribution in [2.24, 2.45) is 7.05 Å². The Morgan fingerprint density at radius 2 is 2.12 bits per heavy atom. The van der Waals surface area contributed by atoms with E-state index in [2.05, 4.69) is 4.98 Å². The topological polar surface area (TPSA) is 98.1 Å². The molecule has 10 heteroatoms. The Morgan fingerprint density at radius 3 is 2.79 bits per heavy atom. The monoisotopic (exact) mass is 383 g/mol. The molecule has 0 unspecified atom stereocenters. The summed E-state index contributed by atoms with van der Waals surface area (Å²) in [7, 11) is -2.38. The first-order chi connectivity index (χ1) is 11.3. The minimum atomic E-state index is -4.00. The Morgan fingerprint density at radius 1 is 1.38 bits per heavy atom. The number of thiazole rings is 2. The maximum Gasteiger partial charge on any atom is 0.307 e. The molecule has 0 aliphatic heterocycles. The van der Waals surface area contributed by atoms with Gasteiger partial charge in [0.2, 0.25) is 5.91 Å². The molecule has 2 heterocycles. The molecule has 24 heavy (non-hydrogen) atoms. The summed E-state index contributed by atoms with van der Waals surface area (Å²) >= 11 is 2.35. The van der Waals surface area contributed by atoms with Gasteiger partial charge in [-0.25, -0.2) is 18.1 Å². The molecule has 1 amide bonds. The van der Waals surface area contributed by atoms with Crippen molar-refractivity contribution in [2.45, 2.75) is 18.2 Å². The molecular formula is C14H13N3O4S3. The van der Waals surface area contributed by atoms with Gasteiger partial charge in [0.25, 0.3) is 10.0 Å². The third kappa shape index (κ3) is 3.25. The third-order valence-electron chi connectivity index (χ3n) is 3.33. The summed E-state index contributed by atoms with van der Waals surface area (Å²) in [6, 6.07) is 4.32. The van der Waals surface area contributed by atoms with E-state index >= 15 is 0 Å². The van der Waals surface area contributed by atoms with Crippen LogP contribution < -0.4 is 9.60 Å². The molecule has 2 aromatic heterocycles. The number of nitrogens with zero attached hydrogens (tertiary/aromatic N) is 2. The molecule has 0 aliphatic rings. The van der Waals surface area contributed by atoms with E-state index in [-0.39, 0.29) is 16.2 Å². The summed E-state index contributed by atoms with van der Waals surface area (Å²) in [5, 5.41) is 2.53. The second kappa shape index (κ2) is 6.11. The fourth-order valence-corrected chi connectivity index (χ4v) is 4.80. The summed E-state index contributed by atoms with van der Waals surface area (Å²) in [6.45, 7) is 1.81. The fraction of sp³-hybridized carbons (Fsp3) is 0.214. The molecule has 126 valence electrons. The molecule has 0 saturated carbocycles. The van der Waals surface area contributed by atoms with Crippen LogP contribution in [0.3, 0.4) is 0 Å². The van der Waals surface area contributed by atoms with Gasteiger partial charge >= 0.3 is 4.87 Å². The van der Waals surface area contributed by atoms with E-state index in [1.165, 1.54) is 28.0 Å². The zero-order valence-corrected chi connectivity index (χ0v) is 15.2. The van der Waals surface area contributed by atoms with E-state index < -0.39 is 15.9 Å². The van der Waals surface area contributed by atoms with Crippen molar-refractivity contribution in [1.29, 1.82) is 0 Å². The minimum absolute atomic E-state index is 0.0559. The van der Waals surface area contributed by atoms with Crippen LogP contribution in [-0.2, 0) is 28.3 Å². The largest absolute Gasteiger partial charge is 0.307 e. The highest BCUT2D eigenvalue weighted by Gasteiger charge is 2.19. The van der Waals surface area contributed by atoms with Crippen LogP contribution in [0.15, 0.2) is 33.3 Å². The molecule has 7 nitrogen and oxygen atoms in total. The summed E-state index contributed by atoms with van der Waals surface area (Å²) in [5.41, 5.74) is 1.18. The summed E-state index contributed by atoms with van der Waals surface area (Å²) in [6.07, 6.45) is -0.107. The Kier molecular flexibility index (Phi) is 4.28. The second-order valence-corrected chi connectivity index (χ2v) is 8.86. The lowest BCUT2D eigenvalue weighted by molar-refractivity contribution is -0.118. The predicted octanol–water partition coefficient (Wildman–Crippen LogP) is 1.41. The first-order valence-electron chi connectivity index (χ1n) is 6.82. The van der Waals surface area contributed by atoms with Crippen LogP contribution in [-0.4, -0.2) is 23.9 Å². The zero-order chi connectivity index (χ0) is 17.5. The molecule has 0 radical (unpaired) electrons. The SMILES string of the molecule is Cc1nc(CC(=O)NS(=O)(=O)c2ccc3c(c2)sc(=O)n3C)cs1. The van der Waals surface area contributed by atoms with Gasteiger partial charge in [-0.1, -0.05) is 11.3 Å². The highest BCUT2D eigenvalue weighted by molar-refractivity contribution is 7.90. The average Bonchev–Trinajstić information content (AvgIpc) is 3.02. The highest BCUT2D eigenvalue weighted by Crippen LogP contribution is 2.21. The van der Waals surface area contributed by atoms with Crippen molar-refractivity contribution in [2.75, 3.05) is 0 Å². The molecule has 0 saturated heterocycles. The van der Waals surface area contributed by atoms with Crippen LogP contribution in [0.25, 0.3) is 10.2 Å². The number of rotatable bonds is 4. The van der Waals surface area contributed by atoms with E-state index in [4.69, 9.17) is 0 Å². The van der Waals surface area contributed by atoms with Gasteiger partial charge in [-0.2, -0.15) is 0 Å². The van der Waals surface area contributed by atoms with Crippen LogP contribution in [0, 0.1) is 6.92 Å². The van der Waals surface area contributed by atoms with Gasteiger partial charge in [-0.15, -0.1) is 11.3 Å². The van der Waals surface area contributed by atoms with Gasteiger partial charge < -0.3 is 4.57 Å². The molecule has 0 spiro atoms. The van der Waals surface area contributed by atoms with Gasteiger partial charge in [-0.3, -0.25) is 9.59 Å². The summed E-state index contributed by atoms with van der Waals surface area (Å²) in [4.78, 5) is 27.5. The lowest BCUT2D eigenvalue weighted by Gasteiger charge is -2.06. The first kappa shape index (κ1) is 16.8. The normalized spacial score (nSPS) is 11.8. The van der Waals surface area contributed by atoms with E-state index in [9.17, 15) is 18.0 Å². The maximum absolute atomic E-state index is 12.3. The van der Waals surface area contributed by atoms with Crippen molar-refractivity contribution in [1.82, 2.24) is 14.3 Å². The number of sulfonamides is 1. The van der Waals surface area contributed by atoms with E-state index in [0.29, 0.717) is 15.9 Å². The molecule has 0 bridgehead atoms. The summed E-state index contributed by atoms with van der Waals surface area (Å²) in [5.74, 6) is -0.651. The Bertz CT molecular complexity index is 1090. The number of aryl methyl sites for hydroxylation is 2. The number of nitrogens with one attached hydrogen (secondary N) is 1. The van der Waals surface area contributed by atoms with Crippen molar-refractivity contribution in [3.05, 3.63) is 43.9 Å². The van der Waals surface area contributed by atoms with Crippen LogP contribution in [0.5, 0.6) is 0 Å². The molecule has 3 rings (SSSR count). The van der Waals surface area contributed by atoms with Crippen LogP contribution in [0.4, 0.5) is 0 Å². The number of amides is 1. The molecule has 0 aliphatic carbocycles. The summed E-state index contributed by atoms with van der Waals surface area (Å²) < 4.78 is 28.7. The van der Waals surface area contributed by atoms with Crippen LogP contribution in [0.2, 0.25) is 0 Å². The third-order valence-corrected chi connectivity index (χ3v) is 6.52. The van der Waals surface area contributed by atoms with Gasteiger partial charge in [-0.05, 0) is 25.1 Å². The van der Waals surface area contributed by atoms with Crippen molar-refractivity contribution in [3.8, 4) is 0 Å². The number of carbonyl (C=O) groups is 1. The lowest BCUT2D eigenvalue weighted by atomic mass is 10.3. The Balaban J connectivity index is 1.84. The van der Waals surface area contributed by atoms with Crippen molar-refractivity contribution >= 4 is 48.8 Å². The number of fused-ring (bicyclic) bond motifs is 1. The fourth-order valence-electron chi connectivity index (χ4n) is 2.18. The Hall–Kier alpha value is -2.04. The molecule has 1 N–H and O–H groups in total. The van der Waals surface area contributed by atoms with Gasteiger partial charge in [0.05, 0.1) is 32.2 Å². The van der Waals surface area contributed by atoms with Crippen molar-refractivity contribution < 1.29 is 13.2 Å². The average molecular weight is 383 g/mol. The smallest absolute Gasteiger partial charge is 0.302 e. The van der Waals surface area contributed by atoms with Crippen LogP contribution in [0.1, 0.15) is 10.7 Å². The molecule has 0 atom stereocenters. The minimum Gasteiger partial charge on any atom is -0.302 e. The second-order valence-electron chi connectivity index (χ2n) is 5.12. The number of hydrogen-bond donors (Lipinski definition) is 1. The quantitative estimate of drug-likeness (QED) is 0.735. The van der Waals surface area contributed by atoms with Crippen molar-refractivity contribution in [3.63, 3.8) is 0 Å². The molecule has 3 aromatic rings. The highest BCUT2D eigenvalue weighted by atomic mass is 32.2. The number of benzene rings is 1. The van der Waals surface area contributed by atoms with Gasteiger partial charge in [0.1, 0.15) is 0 Å². The predicted molar refractivity (Wildman–Crippen MR) is 92.9 cm³/mol. The van der Waals surface area contributed by atoms with E-state index in [1.807, 2.05) is 11.6 Å². The van der Waals surface area contributed by atoms with Gasteiger partial charge in [0, 0.05) is 12.4 Å². The Labute approximate surface area is 145 Å². The van der Waals surface area contributed by atoms with E-state index in [0.717, 1.165) is 16.3 Å². The molecular weight excluding hydrogens is 370 g/mol. The van der Waals surface area contributed by atoms with Gasteiger partial charge in [0.15, 0.2) is 0 Å². The standard InChI is InChI=1S/C14H13N3O4S3/c1-8-15-9(7-22-8)5-13(18)16-24(20,21)10-3-4-11-12(6-10)23-14(19)17(11)2/h3-4,6-7H,5H2,1-2H3,(H,16,18). The zero-order valence-electron chi connectivity index (χ0n) is 12.8. The van der Waals surface area contributed by atoms with Crippen LogP contribution >= 0.6 is 22.7 Å². The number of aromatic nitrogens is 2.